The Morgan fingerprint density at radius 1 is 0.811 bits per heavy atom. The largest absolute Gasteiger partial charge is 0.378 e. The maximum Gasteiger partial charge on any atom is 0.232 e. The van der Waals surface area contributed by atoms with Crippen LogP contribution in [0.4, 0.5) is 11.6 Å². The molecule has 1 aromatic heterocycles. The van der Waals surface area contributed by atoms with Crippen molar-refractivity contribution in [2.45, 2.75) is 0 Å². The molecule has 0 spiro atoms. The molecule has 3 heterocycles. The molecule has 0 atom stereocenters. The minimum absolute atomic E-state index is 0.465. The van der Waals surface area contributed by atoms with Crippen LogP contribution in [0, 0.1) is 11.3 Å². The van der Waals surface area contributed by atoms with Gasteiger partial charge < -0.3 is 14.5 Å². The molecule has 8 heteroatoms. The number of morpholine rings is 1. The topological polar surface area (TPSA) is 70.2 Å². The van der Waals surface area contributed by atoms with Crippen LogP contribution in [0.25, 0.3) is 17.0 Å². The molecule has 2 aliphatic rings. The molecule has 182 valence electrons. The highest BCUT2D eigenvalue weighted by atomic mass is 32.2. The molecule has 4 aromatic rings. The molecule has 0 N–H and O–H groups in total. The Balaban J connectivity index is 1.53. The van der Waals surface area contributed by atoms with Crippen molar-refractivity contribution in [3.8, 4) is 11.8 Å². The Morgan fingerprint density at radius 2 is 1.43 bits per heavy atom. The number of benzene rings is 3. The van der Waals surface area contributed by atoms with Gasteiger partial charge in [-0.2, -0.15) is 5.26 Å². The third-order valence-electron chi connectivity index (χ3n) is 6.31. The molecular weight excluding hydrogens is 480 g/mol. The van der Waals surface area contributed by atoms with Gasteiger partial charge >= 0.3 is 0 Å². The van der Waals surface area contributed by atoms with Crippen molar-refractivity contribution in [3.63, 3.8) is 0 Å². The molecule has 3 aromatic carbocycles. The molecule has 0 amide bonds. The summed E-state index contributed by atoms with van der Waals surface area (Å²) in [5.41, 5.74) is 4.43. The van der Waals surface area contributed by atoms with E-state index in [0.29, 0.717) is 43.6 Å². The summed E-state index contributed by atoms with van der Waals surface area (Å²) in [6.07, 6.45) is 0. The summed E-state index contributed by atoms with van der Waals surface area (Å²) >= 11 is 1.53. The number of hydrogen-bond acceptors (Lipinski definition) is 7. The summed E-state index contributed by atoms with van der Waals surface area (Å²) in [5.74, 6) is 1.23. The molecule has 0 radical (unpaired) electrons. The maximum absolute atomic E-state index is 10.6. The second kappa shape index (κ2) is 10.3. The lowest BCUT2D eigenvalue weighted by molar-refractivity contribution is 0.122. The highest BCUT2D eigenvalue weighted by Gasteiger charge is 2.31. The number of thioether (sulfide) groups is 1. The SMILES string of the molecule is N#CC(=C1SC=C(c2ccccc2)N1c1ccccc1)c1nnc(N2CCOCC2)n1-c1ccccc1. The molecule has 7 nitrogen and oxygen atoms in total. The normalized spacial score (nSPS) is 16.9. The first-order valence-electron chi connectivity index (χ1n) is 12.1. The van der Waals surface area contributed by atoms with E-state index in [1.807, 2.05) is 71.3 Å². The highest BCUT2D eigenvalue weighted by Crippen LogP contribution is 2.46. The molecule has 0 unspecified atom stereocenters. The van der Waals surface area contributed by atoms with Crippen LogP contribution in [-0.2, 0) is 4.74 Å². The van der Waals surface area contributed by atoms with Crippen molar-refractivity contribution in [3.05, 3.63) is 113 Å². The summed E-state index contributed by atoms with van der Waals surface area (Å²) in [6, 6.07) is 32.8. The first kappa shape index (κ1) is 23.1. The smallest absolute Gasteiger partial charge is 0.232 e. The highest BCUT2D eigenvalue weighted by molar-refractivity contribution is 8.06. The second-order valence-corrected chi connectivity index (χ2v) is 9.40. The van der Waals surface area contributed by atoms with Crippen molar-refractivity contribution in [1.82, 2.24) is 14.8 Å². The molecule has 1 fully saturated rings. The number of rotatable bonds is 5. The molecule has 0 saturated carbocycles. The van der Waals surface area contributed by atoms with Crippen molar-refractivity contribution >= 4 is 34.7 Å². The predicted molar refractivity (Wildman–Crippen MR) is 148 cm³/mol. The number of nitrogens with zero attached hydrogens (tertiary/aromatic N) is 6. The zero-order valence-corrected chi connectivity index (χ0v) is 20.9. The van der Waals surface area contributed by atoms with Gasteiger partial charge in [0, 0.05) is 24.2 Å². The van der Waals surface area contributed by atoms with Crippen molar-refractivity contribution in [2.24, 2.45) is 0 Å². The molecule has 1 saturated heterocycles. The summed E-state index contributed by atoms with van der Waals surface area (Å²) in [6.45, 7) is 2.69. The number of allylic oxidation sites excluding steroid dienone is 1. The average Bonchev–Trinajstić information content (AvgIpc) is 3.61. The van der Waals surface area contributed by atoms with Crippen LogP contribution in [0.2, 0.25) is 0 Å². The van der Waals surface area contributed by atoms with Gasteiger partial charge in [0.1, 0.15) is 16.7 Å². The van der Waals surface area contributed by atoms with E-state index < -0.39 is 0 Å². The minimum atomic E-state index is 0.465. The molecular formula is C29H24N6OS. The second-order valence-electron chi connectivity index (χ2n) is 8.54. The molecule has 2 aliphatic heterocycles. The van der Waals surface area contributed by atoms with Crippen molar-refractivity contribution in [1.29, 1.82) is 5.26 Å². The fourth-order valence-electron chi connectivity index (χ4n) is 4.55. The Hall–Kier alpha value is -4.32. The molecule has 0 bridgehead atoms. The van der Waals surface area contributed by atoms with Gasteiger partial charge in [-0.05, 0) is 29.8 Å². The van der Waals surface area contributed by atoms with E-state index >= 15 is 0 Å². The maximum atomic E-state index is 10.6. The Kier molecular flexibility index (Phi) is 6.46. The lowest BCUT2D eigenvalue weighted by Crippen LogP contribution is -2.38. The first-order chi connectivity index (χ1) is 18.3. The van der Waals surface area contributed by atoms with E-state index in [0.717, 1.165) is 27.7 Å². The van der Waals surface area contributed by atoms with Gasteiger partial charge in [0.2, 0.25) is 5.95 Å². The van der Waals surface area contributed by atoms with Crippen LogP contribution < -0.4 is 9.80 Å². The van der Waals surface area contributed by atoms with Gasteiger partial charge in [0.05, 0.1) is 24.6 Å². The van der Waals surface area contributed by atoms with E-state index in [2.05, 4.69) is 55.7 Å². The third-order valence-corrected chi connectivity index (χ3v) is 7.26. The lowest BCUT2D eigenvalue weighted by Gasteiger charge is -2.28. The number of hydrogen-bond donors (Lipinski definition) is 0. The quantitative estimate of drug-likeness (QED) is 0.330. The molecule has 37 heavy (non-hydrogen) atoms. The predicted octanol–water partition coefficient (Wildman–Crippen LogP) is 5.55. The monoisotopic (exact) mass is 504 g/mol. The molecule has 6 rings (SSSR count). The van der Waals surface area contributed by atoms with E-state index in [-0.39, 0.29) is 0 Å². The van der Waals surface area contributed by atoms with Crippen LogP contribution in [0.3, 0.4) is 0 Å². The fraction of sp³-hybridized carbons (Fsp3) is 0.138. The van der Waals surface area contributed by atoms with Gasteiger partial charge in [-0.15, -0.1) is 10.2 Å². The summed E-state index contributed by atoms with van der Waals surface area (Å²) < 4.78 is 7.55. The van der Waals surface area contributed by atoms with Crippen LogP contribution in [0.5, 0.6) is 0 Å². The van der Waals surface area contributed by atoms with Crippen LogP contribution in [0.15, 0.2) is 101 Å². The number of aromatic nitrogens is 3. The number of anilines is 2. The van der Waals surface area contributed by atoms with Crippen LogP contribution in [0.1, 0.15) is 11.4 Å². The van der Waals surface area contributed by atoms with Gasteiger partial charge in [-0.25, -0.2) is 0 Å². The van der Waals surface area contributed by atoms with Gasteiger partial charge in [0.15, 0.2) is 5.82 Å². The zero-order chi connectivity index (χ0) is 25.0. The zero-order valence-electron chi connectivity index (χ0n) is 20.1. The Bertz CT molecular complexity index is 1490. The summed E-state index contributed by atoms with van der Waals surface area (Å²) in [7, 11) is 0. The van der Waals surface area contributed by atoms with E-state index in [4.69, 9.17) is 4.74 Å². The summed E-state index contributed by atoms with van der Waals surface area (Å²) in [5, 5.41) is 22.6. The van der Waals surface area contributed by atoms with E-state index in [9.17, 15) is 5.26 Å². The number of para-hydroxylation sites is 2. The Labute approximate surface area is 219 Å². The van der Waals surface area contributed by atoms with Gasteiger partial charge in [-0.1, -0.05) is 78.5 Å². The number of ether oxygens (including phenoxy) is 1. The standard InChI is InChI=1S/C29H24N6OS/c30-20-25(27-31-32-29(33-16-18-36-19-17-33)35(27)24-14-8-3-9-15-24)28-34(23-12-6-2-7-13-23)26(21-37-28)22-10-4-1-5-11-22/h1-15,21H,16-19H2. The minimum Gasteiger partial charge on any atom is -0.378 e. The number of nitriles is 1. The van der Waals surface area contributed by atoms with Crippen LogP contribution in [-0.4, -0.2) is 41.1 Å². The lowest BCUT2D eigenvalue weighted by atomic mass is 10.1. The molecule has 0 aliphatic carbocycles. The summed E-state index contributed by atoms with van der Waals surface area (Å²) in [4.78, 5) is 4.30. The first-order valence-corrected chi connectivity index (χ1v) is 13.0. The van der Waals surface area contributed by atoms with Crippen LogP contribution >= 0.6 is 11.8 Å². The third kappa shape index (κ3) is 4.40. The van der Waals surface area contributed by atoms with Crippen molar-refractivity contribution in [2.75, 3.05) is 36.1 Å². The van der Waals surface area contributed by atoms with Gasteiger partial charge in [0.25, 0.3) is 0 Å². The van der Waals surface area contributed by atoms with Gasteiger partial charge in [-0.3, -0.25) is 4.57 Å². The fourth-order valence-corrected chi connectivity index (χ4v) is 5.58. The average molecular weight is 505 g/mol. The van der Waals surface area contributed by atoms with E-state index in [1.54, 1.807) is 0 Å². The Morgan fingerprint density at radius 3 is 2.08 bits per heavy atom. The van der Waals surface area contributed by atoms with Crippen molar-refractivity contribution < 1.29 is 4.74 Å². The van der Waals surface area contributed by atoms with E-state index in [1.165, 1.54) is 11.8 Å².